The molecule has 1 fully saturated rings. The van der Waals surface area contributed by atoms with E-state index >= 15 is 0 Å². The molecule has 2 aromatic carbocycles. The molecule has 0 aliphatic carbocycles. The Bertz CT molecular complexity index is 825. The van der Waals surface area contributed by atoms with Gasteiger partial charge in [0, 0.05) is 43.3 Å². The van der Waals surface area contributed by atoms with Gasteiger partial charge in [0.15, 0.2) is 0 Å². The van der Waals surface area contributed by atoms with Gasteiger partial charge in [0.2, 0.25) is 5.91 Å². The lowest BCUT2D eigenvalue weighted by Gasteiger charge is -2.38. The van der Waals surface area contributed by atoms with Crippen molar-refractivity contribution in [2.24, 2.45) is 0 Å². The predicted molar refractivity (Wildman–Crippen MR) is 112 cm³/mol. The summed E-state index contributed by atoms with van der Waals surface area (Å²) in [7, 11) is 0. The number of ether oxygens (including phenoxy) is 2. The molecular formula is C23H28N2O4. The van der Waals surface area contributed by atoms with Crippen molar-refractivity contribution < 1.29 is 19.1 Å². The summed E-state index contributed by atoms with van der Waals surface area (Å²) in [6.45, 7) is 5.94. The van der Waals surface area contributed by atoms with Crippen molar-refractivity contribution in [2.75, 3.05) is 31.7 Å². The van der Waals surface area contributed by atoms with Crippen LogP contribution in [0.15, 0.2) is 48.5 Å². The highest BCUT2D eigenvalue weighted by atomic mass is 16.5. The molecule has 1 saturated heterocycles. The lowest BCUT2D eigenvalue weighted by atomic mass is 9.74. The lowest BCUT2D eigenvalue weighted by Crippen LogP contribution is -2.44. The van der Waals surface area contributed by atoms with E-state index in [4.69, 9.17) is 9.47 Å². The summed E-state index contributed by atoms with van der Waals surface area (Å²) in [5.41, 5.74) is 2.26. The van der Waals surface area contributed by atoms with Crippen molar-refractivity contribution in [2.45, 2.75) is 32.1 Å². The van der Waals surface area contributed by atoms with Gasteiger partial charge in [-0.3, -0.25) is 9.59 Å². The molecule has 1 aliphatic heterocycles. The molecule has 1 heterocycles. The van der Waals surface area contributed by atoms with Crippen molar-refractivity contribution in [3.05, 3.63) is 59.7 Å². The summed E-state index contributed by atoms with van der Waals surface area (Å²) in [5.74, 6) is 0.581. The maximum absolute atomic E-state index is 12.7. The Kier molecular flexibility index (Phi) is 6.88. The van der Waals surface area contributed by atoms with E-state index in [2.05, 4.69) is 22.8 Å². The van der Waals surface area contributed by atoms with E-state index in [1.807, 2.05) is 19.1 Å². The minimum atomic E-state index is -0.158. The number of nitrogens with one attached hydrogen (secondary N) is 2. The van der Waals surface area contributed by atoms with Gasteiger partial charge in [0.05, 0.1) is 6.61 Å². The first kappa shape index (κ1) is 20.9. The van der Waals surface area contributed by atoms with Gasteiger partial charge < -0.3 is 20.1 Å². The van der Waals surface area contributed by atoms with E-state index in [1.54, 1.807) is 24.3 Å². The molecule has 0 atom stereocenters. The zero-order valence-electron chi connectivity index (χ0n) is 17.0. The van der Waals surface area contributed by atoms with Gasteiger partial charge in [0.25, 0.3) is 5.91 Å². The Morgan fingerprint density at radius 1 is 1.03 bits per heavy atom. The van der Waals surface area contributed by atoms with Crippen molar-refractivity contribution in [3.63, 3.8) is 0 Å². The van der Waals surface area contributed by atoms with Gasteiger partial charge >= 0.3 is 0 Å². The predicted octanol–water partition coefficient (Wildman–Crippen LogP) is 3.52. The molecule has 6 nitrogen and oxygen atoms in total. The number of carbonyl (C=O) groups is 2. The number of carbonyl (C=O) groups excluding carboxylic acids is 2. The molecule has 0 unspecified atom stereocenters. The van der Waals surface area contributed by atoms with Crippen LogP contribution in [0.5, 0.6) is 5.75 Å². The van der Waals surface area contributed by atoms with E-state index in [9.17, 15) is 9.59 Å². The van der Waals surface area contributed by atoms with Crippen LogP contribution in [0.4, 0.5) is 5.69 Å². The highest BCUT2D eigenvalue weighted by Gasteiger charge is 2.35. The van der Waals surface area contributed by atoms with Gasteiger partial charge in [0.1, 0.15) is 5.75 Å². The summed E-state index contributed by atoms with van der Waals surface area (Å²) in [6, 6.07) is 15.0. The van der Waals surface area contributed by atoms with Crippen LogP contribution >= 0.6 is 0 Å². The van der Waals surface area contributed by atoms with E-state index in [0.29, 0.717) is 37.6 Å². The number of benzene rings is 2. The number of amides is 2. The van der Waals surface area contributed by atoms with Gasteiger partial charge in [-0.05, 0) is 61.7 Å². The molecule has 0 bridgehead atoms. The SMILES string of the molecule is CCOc1ccc(C2(CNC(=O)c3ccc(NC(C)=O)cc3)CCOCC2)cc1. The summed E-state index contributed by atoms with van der Waals surface area (Å²) < 4.78 is 11.1. The van der Waals surface area contributed by atoms with Crippen molar-refractivity contribution in [3.8, 4) is 5.75 Å². The largest absolute Gasteiger partial charge is 0.494 e. The fourth-order valence-corrected chi connectivity index (χ4v) is 3.66. The van der Waals surface area contributed by atoms with Crippen LogP contribution in [-0.4, -0.2) is 38.2 Å². The van der Waals surface area contributed by atoms with Gasteiger partial charge in [-0.25, -0.2) is 0 Å². The van der Waals surface area contributed by atoms with Crippen LogP contribution in [0.25, 0.3) is 0 Å². The minimum absolute atomic E-state index is 0.129. The molecule has 3 rings (SSSR count). The Balaban J connectivity index is 1.70. The number of anilines is 1. The first-order valence-corrected chi connectivity index (χ1v) is 9.99. The molecule has 0 spiro atoms. The summed E-state index contributed by atoms with van der Waals surface area (Å²) in [5, 5.41) is 5.80. The highest BCUT2D eigenvalue weighted by molar-refractivity contribution is 5.95. The molecule has 29 heavy (non-hydrogen) atoms. The Labute approximate surface area is 171 Å². The fourth-order valence-electron chi connectivity index (χ4n) is 3.66. The number of hydrogen-bond donors (Lipinski definition) is 2. The molecule has 2 N–H and O–H groups in total. The molecule has 0 aromatic heterocycles. The van der Waals surface area contributed by atoms with Crippen LogP contribution in [-0.2, 0) is 14.9 Å². The topological polar surface area (TPSA) is 76.7 Å². The van der Waals surface area contributed by atoms with Crippen molar-refractivity contribution in [1.29, 1.82) is 0 Å². The van der Waals surface area contributed by atoms with Gasteiger partial charge in [-0.15, -0.1) is 0 Å². The molecule has 2 amide bonds. The van der Waals surface area contributed by atoms with Crippen molar-refractivity contribution >= 4 is 17.5 Å². The molecule has 6 heteroatoms. The molecule has 154 valence electrons. The Morgan fingerprint density at radius 2 is 1.69 bits per heavy atom. The van der Waals surface area contributed by atoms with Gasteiger partial charge in [-0.2, -0.15) is 0 Å². The summed E-state index contributed by atoms with van der Waals surface area (Å²) in [4.78, 5) is 23.8. The Morgan fingerprint density at radius 3 is 2.28 bits per heavy atom. The second kappa shape index (κ2) is 9.56. The van der Waals surface area contributed by atoms with E-state index < -0.39 is 0 Å². The average Bonchev–Trinajstić information content (AvgIpc) is 2.73. The van der Waals surface area contributed by atoms with Crippen LogP contribution < -0.4 is 15.4 Å². The zero-order valence-corrected chi connectivity index (χ0v) is 17.0. The van der Waals surface area contributed by atoms with E-state index in [-0.39, 0.29) is 17.2 Å². The average molecular weight is 396 g/mol. The molecule has 0 saturated carbocycles. The third kappa shape index (κ3) is 5.35. The fraction of sp³-hybridized carbons (Fsp3) is 0.391. The standard InChI is InChI=1S/C23H28N2O4/c1-3-29-21-10-6-19(7-11-21)23(12-14-28-15-13-23)16-24-22(27)18-4-8-20(9-5-18)25-17(2)26/h4-11H,3,12-16H2,1-2H3,(H,24,27)(H,25,26). The highest BCUT2D eigenvalue weighted by Crippen LogP contribution is 2.35. The number of hydrogen-bond acceptors (Lipinski definition) is 4. The van der Waals surface area contributed by atoms with E-state index in [1.165, 1.54) is 12.5 Å². The van der Waals surface area contributed by atoms with Crippen LogP contribution in [0, 0.1) is 0 Å². The smallest absolute Gasteiger partial charge is 0.251 e. The molecule has 2 aromatic rings. The van der Waals surface area contributed by atoms with Gasteiger partial charge in [-0.1, -0.05) is 12.1 Å². The third-order valence-electron chi connectivity index (χ3n) is 5.28. The maximum Gasteiger partial charge on any atom is 0.251 e. The quantitative estimate of drug-likeness (QED) is 0.751. The first-order chi connectivity index (χ1) is 14.0. The molecule has 0 radical (unpaired) electrons. The summed E-state index contributed by atoms with van der Waals surface area (Å²) in [6.07, 6.45) is 1.70. The molecular weight excluding hydrogens is 368 g/mol. The van der Waals surface area contributed by atoms with E-state index in [0.717, 1.165) is 18.6 Å². The van der Waals surface area contributed by atoms with Crippen LogP contribution in [0.3, 0.4) is 0 Å². The van der Waals surface area contributed by atoms with Crippen LogP contribution in [0.2, 0.25) is 0 Å². The monoisotopic (exact) mass is 396 g/mol. The second-order valence-corrected chi connectivity index (χ2v) is 7.29. The first-order valence-electron chi connectivity index (χ1n) is 9.99. The molecule has 1 aliphatic rings. The summed E-state index contributed by atoms with van der Waals surface area (Å²) >= 11 is 0. The minimum Gasteiger partial charge on any atom is -0.494 e. The Hall–Kier alpha value is -2.86. The third-order valence-corrected chi connectivity index (χ3v) is 5.28. The van der Waals surface area contributed by atoms with Crippen LogP contribution in [0.1, 0.15) is 42.6 Å². The second-order valence-electron chi connectivity index (χ2n) is 7.29. The lowest BCUT2D eigenvalue weighted by molar-refractivity contribution is -0.114. The maximum atomic E-state index is 12.7. The van der Waals surface area contributed by atoms with Crippen molar-refractivity contribution in [1.82, 2.24) is 5.32 Å². The zero-order chi connectivity index (χ0) is 20.7. The number of rotatable bonds is 7. The normalized spacial score (nSPS) is 15.4.